The van der Waals surface area contributed by atoms with Gasteiger partial charge in [-0.1, -0.05) is 11.3 Å². The van der Waals surface area contributed by atoms with Crippen molar-refractivity contribution in [2.45, 2.75) is 0 Å². The van der Waals surface area contributed by atoms with Crippen LogP contribution in [0.2, 0.25) is 0 Å². The Balaban J connectivity index is 2.34. The van der Waals surface area contributed by atoms with E-state index in [4.69, 9.17) is 10.5 Å². The number of nitrogens with two attached hydrogens (primary N) is 1. The molecule has 2 rings (SSSR count). The molecule has 2 heterocycles. The standard InChI is InChI=1S/C8H8N4OS/c1-13-8-12-4-6(14-8)7-10-2-5(9)3-11-7/h2-4H,9H2,1H3. The Labute approximate surface area is 84.6 Å². The smallest absolute Gasteiger partial charge is 0.273 e. The van der Waals surface area contributed by atoms with Crippen LogP contribution in [0.15, 0.2) is 18.6 Å². The van der Waals surface area contributed by atoms with E-state index in [1.165, 1.54) is 11.3 Å². The summed E-state index contributed by atoms with van der Waals surface area (Å²) in [5.74, 6) is 0.611. The van der Waals surface area contributed by atoms with Crippen LogP contribution in [0.1, 0.15) is 0 Å². The summed E-state index contributed by atoms with van der Waals surface area (Å²) < 4.78 is 4.97. The van der Waals surface area contributed by atoms with E-state index >= 15 is 0 Å². The van der Waals surface area contributed by atoms with Crippen LogP contribution in [0.3, 0.4) is 0 Å². The second-order valence-electron chi connectivity index (χ2n) is 2.53. The molecule has 72 valence electrons. The molecule has 0 aromatic carbocycles. The molecule has 2 aromatic heterocycles. The van der Waals surface area contributed by atoms with Crippen molar-refractivity contribution in [2.75, 3.05) is 12.8 Å². The molecule has 0 amide bonds. The number of thiazole rings is 1. The van der Waals surface area contributed by atoms with Crippen LogP contribution in [0.4, 0.5) is 5.69 Å². The van der Waals surface area contributed by atoms with Crippen LogP contribution >= 0.6 is 11.3 Å². The lowest BCUT2D eigenvalue weighted by atomic mass is 10.5. The summed E-state index contributed by atoms with van der Waals surface area (Å²) in [5.41, 5.74) is 6.02. The number of hydrogen-bond acceptors (Lipinski definition) is 6. The summed E-state index contributed by atoms with van der Waals surface area (Å²) in [6, 6.07) is 0. The van der Waals surface area contributed by atoms with E-state index in [-0.39, 0.29) is 0 Å². The van der Waals surface area contributed by atoms with Crippen LogP contribution in [0, 0.1) is 0 Å². The molecule has 0 aliphatic rings. The van der Waals surface area contributed by atoms with Crippen LogP contribution in [0.25, 0.3) is 10.7 Å². The van der Waals surface area contributed by atoms with Gasteiger partial charge in [-0.25, -0.2) is 15.0 Å². The highest BCUT2D eigenvalue weighted by molar-refractivity contribution is 7.16. The maximum absolute atomic E-state index is 5.47. The molecule has 2 N–H and O–H groups in total. The quantitative estimate of drug-likeness (QED) is 0.802. The molecule has 0 aliphatic carbocycles. The van der Waals surface area contributed by atoms with Gasteiger partial charge < -0.3 is 10.5 Å². The van der Waals surface area contributed by atoms with Crippen LogP contribution < -0.4 is 10.5 Å². The first-order chi connectivity index (χ1) is 6.79. The molecule has 0 fully saturated rings. The zero-order valence-electron chi connectivity index (χ0n) is 7.47. The average Bonchev–Trinajstić information content (AvgIpc) is 2.67. The minimum absolute atomic E-state index is 0.547. The Bertz CT molecular complexity index is 425. The Morgan fingerprint density at radius 3 is 2.50 bits per heavy atom. The first-order valence-electron chi connectivity index (χ1n) is 3.87. The zero-order chi connectivity index (χ0) is 9.97. The highest BCUT2D eigenvalue weighted by Crippen LogP contribution is 2.27. The Hall–Kier alpha value is -1.69. The van der Waals surface area contributed by atoms with Crippen LogP contribution in [-0.2, 0) is 0 Å². The van der Waals surface area contributed by atoms with Crippen molar-refractivity contribution in [3.63, 3.8) is 0 Å². The normalized spacial score (nSPS) is 10.1. The van der Waals surface area contributed by atoms with E-state index in [0.29, 0.717) is 16.7 Å². The first-order valence-corrected chi connectivity index (χ1v) is 4.69. The third kappa shape index (κ3) is 1.64. The van der Waals surface area contributed by atoms with Gasteiger partial charge in [0.15, 0.2) is 5.82 Å². The van der Waals surface area contributed by atoms with Crippen LogP contribution in [0.5, 0.6) is 5.19 Å². The Morgan fingerprint density at radius 1 is 1.21 bits per heavy atom. The van der Waals surface area contributed by atoms with E-state index in [9.17, 15) is 0 Å². The van der Waals surface area contributed by atoms with Gasteiger partial charge in [-0.2, -0.15) is 0 Å². The number of rotatable bonds is 2. The van der Waals surface area contributed by atoms with E-state index in [0.717, 1.165) is 4.88 Å². The molecule has 6 heteroatoms. The van der Waals surface area contributed by atoms with Crippen molar-refractivity contribution in [1.82, 2.24) is 15.0 Å². The molecule has 0 spiro atoms. The van der Waals surface area contributed by atoms with E-state index in [1.807, 2.05) is 0 Å². The van der Waals surface area contributed by atoms with Gasteiger partial charge in [0.25, 0.3) is 5.19 Å². The zero-order valence-corrected chi connectivity index (χ0v) is 8.28. The second kappa shape index (κ2) is 3.59. The number of aromatic nitrogens is 3. The Morgan fingerprint density at radius 2 is 1.93 bits per heavy atom. The molecule has 0 unspecified atom stereocenters. The Kier molecular flexibility index (Phi) is 2.28. The summed E-state index contributed by atoms with van der Waals surface area (Å²) in [4.78, 5) is 13.0. The fraction of sp³-hybridized carbons (Fsp3) is 0.125. The molecule has 0 saturated heterocycles. The summed E-state index contributed by atoms with van der Waals surface area (Å²) in [5, 5.41) is 0.598. The maximum Gasteiger partial charge on any atom is 0.273 e. The number of hydrogen-bond donors (Lipinski definition) is 1. The summed E-state index contributed by atoms with van der Waals surface area (Å²) in [7, 11) is 1.58. The minimum atomic E-state index is 0.547. The van der Waals surface area contributed by atoms with Gasteiger partial charge in [-0.05, 0) is 0 Å². The molecule has 14 heavy (non-hydrogen) atoms. The molecule has 5 nitrogen and oxygen atoms in total. The molecule has 0 saturated carbocycles. The minimum Gasteiger partial charge on any atom is -0.473 e. The predicted molar refractivity (Wildman–Crippen MR) is 54.1 cm³/mol. The van der Waals surface area contributed by atoms with Crippen LogP contribution in [-0.4, -0.2) is 22.1 Å². The number of ether oxygens (including phenoxy) is 1. The lowest BCUT2D eigenvalue weighted by molar-refractivity contribution is 0.412. The third-order valence-electron chi connectivity index (χ3n) is 1.55. The van der Waals surface area contributed by atoms with Crippen molar-refractivity contribution in [1.29, 1.82) is 0 Å². The van der Waals surface area contributed by atoms with Gasteiger partial charge in [0, 0.05) is 0 Å². The molecule has 2 aromatic rings. The lowest BCUT2D eigenvalue weighted by Gasteiger charge is -1.94. The fourth-order valence-corrected chi connectivity index (χ4v) is 1.60. The maximum atomic E-state index is 5.47. The van der Waals surface area contributed by atoms with Gasteiger partial charge in [0.2, 0.25) is 0 Å². The van der Waals surface area contributed by atoms with Gasteiger partial charge in [-0.3, -0.25) is 0 Å². The summed E-state index contributed by atoms with van der Waals surface area (Å²) >= 11 is 1.39. The van der Waals surface area contributed by atoms with Crippen molar-refractivity contribution in [2.24, 2.45) is 0 Å². The topological polar surface area (TPSA) is 73.9 Å². The van der Waals surface area contributed by atoms with Gasteiger partial charge in [-0.15, -0.1) is 0 Å². The number of nitrogen functional groups attached to an aromatic ring is 1. The highest BCUT2D eigenvalue weighted by Gasteiger charge is 2.06. The first kappa shape index (κ1) is 8.89. The number of anilines is 1. The second-order valence-corrected chi connectivity index (χ2v) is 3.53. The van der Waals surface area contributed by atoms with Gasteiger partial charge in [0.1, 0.15) is 0 Å². The average molecular weight is 208 g/mol. The van der Waals surface area contributed by atoms with Crippen molar-refractivity contribution >= 4 is 17.0 Å². The molecule has 0 bridgehead atoms. The van der Waals surface area contributed by atoms with E-state index in [1.54, 1.807) is 25.7 Å². The summed E-state index contributed by atoms with van der Waals surface area (Å²) in [6.45, 7) is 0. The van der Waals surface area contributed by atoms with Crippen molar-refractivity contribution in [3.8, 4) is 15.9 Å². The molecular weight excluding hydrogens is 200 g/mol. The fourth-order valence-electron chi connectivity index (χ4n) is 0.921. The van der Waals surface area contributed by atoms with Gasteiger partial charge in [0.05, 0.1) is 36.3 Å². The van der Waals surface area contributed by atoms with Gasteiger partial charge >= 0.3 is 0 Å². The largest absolute Gasteiger partial charge is 0.473 e. The summed E-state index contributed by atoms with van der Waals surface area (Å²) in [6.07, 6.45) is 4.80. The predicted octanol–water partition coefficient (Wildman–Crippen LogP) is 1.19. The van der Waals surface area contributed by atoms with E-state index in [2.05, 4.69) is 15.0 Å². The highest BCUT2D eigenvalue weighted by atomic mass is 32.1. The van der Waals surface area contributed by atoms with Crippen molar-refractivity contribution < 1.29 is 4.74 Å². The molecule has 0 radical (unpaired) electrons. The van der Waals surface area contributed by atoms with Crippen molar-refractivity contribution in [3.05, 3.63) is 18.6 Å². The van der Waals surface area contributed by atoms with E-state index < -0.39 is 0 Å². The number of methoxy groups -OCH3 is 1. The third-order valence-corrected chi connectivity index (χ3v) is 2.51. The molecule has 0 aliphatic heterocycles. The molecule has 0 atom stereocenters. The lowest BCUT2D eigenvalue weighted by Crippen LogP contribution is -1.90. The molecular formula is C8H8N4OS. The SMILES string of the molecule is COc1ncc(-c2ncc(N)cn2)s1. The number of nitrogens with zero attached hydrogens (tertiary/aromatic N) is 3. The monoisotopic (exact) mass is 208 g/mol.